The summed E-state index contributed by atoms with van der Waals surface area (Å²) in [5, 5.41) is -0.0665. The summed E-state index contributed by atoms with van der Waals surface area (Å²) in [6, 6.07) is 5.82. The van der Waals surface area contributed by atoms with Crippen LogP contribution in [0.1, 0.15) is 12.0 Å². The number of hydrogen-bond acceptors (Lipinski definition) is 3. The summed E-state index contributed by atoms with van der Waals surface area (Å²) in [4.78, 5) is 13.1. The van der Waals surface area contributed by atoms with Gasteiger partial charge in [-0.1, -0.05) is 18.2 Å². The van der Waals surface area contributed by atoms with E-state index in [1.807, 2.05) is 0 Å². The number of rotatable bonds is 3. The van der Waals surface area contributed by atoms with Crippen LogP contribution in [-0.2, 0) is 11.3 Å². The highest BCUT2D eigenvalue weighted by Gasteiger charge is 2.33. The standard InChI is InChI=1S/C12H12F3NO2S/c13-12(14,15)18-10-4-2-1-3-8(10)6-16-7-9(19)5-11(16)17/h1-4,9,19H,5-7H2. The average Bonchev–Trinajstić information content (AvgIpc) is 2.58. The first kappa shape index (κ1) is 14.0. The molecule has 1 saturated heterocycles. The first-order valence-corrected chi connectivity index (χ1v) is 6.16. The third-order valence-corrected chi connectivity index (χ3v) is 3.10. The summed E-state index contributed by atoms with van der Waals surface area (Å²) in [6.07, 6.45) is -4.43. The quantitative estimate of drug-likeness (QED) is 0.868. The average molecular weight is 291 g/mol. The van der Waals surface area contributed by atoms with Crippen LogP contribution in [0.2, 0.25) is 0 Å². The second-order valence-electron chi connectivity index (χ2n) is 4.29. The van der Waals surface area contributed by atoms with Gasteiger partial charge in [0, 0.05) is 30.3 Å². The highest BCUT2D eigenvalue weighted by Crippen LogP contribution is 2.28. The van der Waals surface area contributed by atoms with Crippen molar-refractivity contribution in [2.24, 2.45) is 0 Å². The monoisotopic (exact) mass is 291 g/mol. The lowest BCUT2D eigenvalue weighted by molar-refractivity contribution is -0.275. The van der Waals surface area contributed by atoms with Gasteiger partial charge >= 0.3 is 6.36 Å². The van der Waals surface area contributed by atoms with E-state index in [1.165, 1.54) is 23.1 Å². The number of carbonyl (C=O) groups excluding carboxylic acids is 1. The van der Waals surface area contributed by atoms with Crippen molar-refractivity contribution in [3.05, 3.63) is 29.8 Å². The summed E-state index contributed by atoms with van der Waals surface area (Å²) < 4.78 is 40.7. The molecule has 0 bridgehead atoms. The summed E-state index contributed by atoms with van der Waals surface area (Å²) in [6.45, 7) is 0.532. The predicted molar refractivity (Wildman–Crippen MR) is 65.9 cm³/mol. The van der Waals surface area contributed by atoms with E-state index in [0.29, 0.717) is 18.5 Å². The van der Waals surface area contributed by atoms with Crippen LogP contribution in [0.5, 0.6) is 5.75 Å². The Kier molecular flexibility index (Phi) is 3.93. The highest BCUT2D eigenvalue weighted by atomic mass is 32.1. The third kappa shape index (κ3) is 3.79. The summed E-state index contributed by atoms with van der Waals surface area (Å²) in [7, 11) is 0. The molecule has 1 atom stereocenters. The van der Waals surface area contributed by atoms with E-state index in [-0.39, 0.29) is 23.5 Å². The molecule has 1 aliphatic heterocycles. The maximum Gasteiger partial charge on any atom is 0.573 e. The van der Waals surface area contributed by atoms with Crippen molar-refractivity contribution in [2.75, 3.05) is 6.54 Å². The Bertz CT molecular complexity index is 478. The lowest BCUT2D eigenvalue weighted by atomic mass is 10.2. The predicted octanol–water partition coefficient (Wildman–Crippen LogP) is 2.62. The van der Waals surface area contributed by atoms with E-state index in [4.69, 9.17) is 0 Å². The fourth-order valence-corrected chi connectivity index (χ4v) is 2.32. The molecule has 1 amide bonds. The molecule has 1 aromatic carbocycles. The first-order valence-electron chi connectivity index (χ1n) is 5.64. The van der Waals surface area contributed by atoms with Crippen molar-refractivity contribution in [3.8, 4) is 5.75 Å². The Morgan fingerprint density at radius 3 is 2.63 bits per heavy atom. The van der Waals surface area contributed by atoms with Gasteiger partial charge in [0.1, 0.15) is 5.75 Å². The molecule has 0 spiro atoms. The van der Waals surface area contributed by atoms with Crippen molar-refractivity contribution >= 4 is 18.5 Å². The Hall–Kier alpha value is -1.37. The van der Waals surface area contributed by atoms with Gasteiger partial charge in [0.15, 0.2) is 0 Å². The number of ether oxygens (including phenoxy) is 1. The van der Waals surface area contributed by atoms with Crippen LogP contribution < -0.4 is 4.74 Å². The second kappa shape index (κ2) is 5.32. The first-order chi connectivity index (χ1) is 8.85. The third-order valence-electron chi connectivity index (χ3n) is 2.75. The Balaban J connectivity index is 2.14. The lowest BCUT2D eigenvalue weighted by Gasteiger charge is -2.19. The summed E-state index contributed by atoms with van der Waals surface area (Å²) in [5.74, 6) is -0.382. The molecule has 104 valence electrons. The highest BCUT2D eigenvalue weighted by molar-refractivity contribution is 7.81. The fraction of sp³-hybridized carbons (Fsp3) is 0.417. The Labute approximate surface area is 113 Å². The molecule has 2 rings (SSSR count). The van der Waals surface area contributed by atoms with Gasteiger partial charge in [-0.3, -0.25) is 4.79 Å². The molecule has 0 aromatic heterocycles. The number of hydrogen-bond donors (Lipinski definition) is 1. The van der Waals surface area contributed by atoms with Crippen molar-refractivity contribution < 1.29 is 22.7 Å². The molecule has 0 aliphatic carbocycles. The minimum absolute atomic E-state index is 0.0665. The number of halogens is 3. The van der Waals surface area contributed by atoms with Crippen LogP contribution in [0.25, 0.3) is 0 Å². The minimum atomic E-state index is -4.74. The van der Waals surface area contributed by atoms with Crippen molar-refractivity contribution in [2.45, 2.75) is 24.6 Å². The second-order valence-corrected chi connectivity index (χ2v) is 5.02. The molecule has 3 nitrogen and oxygen atoms in total. The van der Waals surface area contributed by atoms with Gasteiger partial charge in [-0.15, -0.1) is 13.2 Å². The van der Waals surface area contributed by atoms with Gasteiger partial charge in [-0.05, 0) is 6.07 Å². The summed E-state index contributed by atoms with van der Waals surface area (Å²) in [5.41, 5.74) is 0.329. The van der Waals surface area contributed by atoms with E-state index < -0.39 is 6.36 Å². The Morgan fingerprint density at radius 1 is 1.37 bits per heavy atom. The van der Waals surface area contributed by atoms with Crippen LogP contribution in [0.4, 0.5) is 13.2 Å². The van der Waals surface area contributed by atoms with Crippen LogP contribution in [0.15, 0.2) is 24.3 Å². The minimum Gasteiger partial charge on any atom is -0.405 e. The van der Waals surface area contributed by atoms with E-state index in [9.17, 15) is 18.0 Å². The number of alkyl halides is 3. The molecule has 0 radical (unpaired) electrons. The number of amides is 1. The maximum absolute atomic E-state index is 12.3. The van der Waals surface area contributed by atoms with Crippen LogP contribution >= 0.6 is 12.6 Å². The summed E-state index contributed by atoms with van der Waals surface area (Å²) >= 11 is 4.20. The molecular weight excluding hydrogens is 279 g/mol. The number of carbonyl (C=O) groups is 1. The zero-order chi connectivity index (χ0) is 14.0. The van der Waals surface area contributed by atoms with Gasteiger partial charge in [0.05, 0.1) is 0 Å². The van der Waals surface area contributed by atoms with E-state index in [1.54, 1.807) is 6.07 Å². The maximum atomic E-state index is 12.3. The molecule has 1 unspecified atom stereocenters. The van der Waals surface area contributed by atoms with Crippen molar-refractivity contribution in [1.29, 1.82) is 0 Å². The molecule has 1 aliphatic rings. The molecular formula is C12H12F3NO2S. The van der Waals surface area contributed by atoms with Crippen LogP contribution in [-0.4, -0.2) is 29.0 Å². The topological polar surface area (TPSA) is 29.5 Å². The van der Waals surface area contributed by atoms with E-state index >= 15 is 0 Å². The molecule has 19 heavy (non-hydrogen) atoms. The fourth-order valence-electron chi connectivity index (χ4n) is 1.97. The molecule has 1 fully saturated rings. The number of thiol groups is 1. The normalized spacial score (nSPS) is 19.9. The van der Waals surface area contributed by atoms with Crippen LogP contribution in [0, 0.1) is 0 Å². The van der Waals surface area contributed by atoms with Gasteiger partial charge in [0.25, 0.3) is 0 Å². The lowest BCUT2D eigenvalue weighted by Crippen LogP contribution is -2.26. The van der Waals surface area contributed by atoms with Gasteiger partial charge in [-0.25, -0.2) is 0 Å². The van der Waals surface area contributed by atoms with Crippen LogP contribution in [0.3, 0.4) is 0 Å². The smallest absolute Gasteiger partial charge is 0.405 e. The molecule has 0 saturated carbocycles. The van der Waals surface area contributed by atoms with Gasteiger partial charge in [0.2, 0.25) is 5.91 Å². The Morgan fingerprint density at radius 2 is 2.05 bits per heavy atom. The number of benzene rings is 1. The number of nitrogens with zero attached hydrogens (tertiary/aromatic N) is 1. The molecule has 7 heteroatoms. The van der Waals surface area contributed by atoms with Gasteiger partial charge < -0.3 is 9.64 Å². The number of para-hydroxylation sites is 1. The van der Waals surface area contributed by atoms with Crippen molar-refractivity contribution in [1.82, 2.24) is 4.90 Å². The van der Waals surface area contributed by atoms with E-state index in [2.05, 4.69) is 17.4 Å². The molecule has 1 aromatic rings. The van der Waals surface area contributed by atoms with Crippen molar-refractivity contribution in [3.63, 3.8) is 0 Å². The van der Waals surface area contributed by atoms with E-state index in [0.717, 1.165) is 0 Å². The zero-order valence-electron chi connectivity index (χ0n) is 9.85. The van der Waals surface area contributed by atoms with Gasteiger partial charge in [-0.2, -0.15) is 12.6 Å². The SMILES string of the molecule is O=C1CC(S)CN1Cc1ccccc1OC(F)(F)F. The molecule has 1 heterocycles. The largest absolute Gasteiger partial charge is 0.573 e. The number of likely N-dealkylation sites (tertiary alicyclic amines) is 1. The molecule has 0 N–H and O–H groups in total. The zero-order valence-corrected chi connectivity index (χ0v) is 10.7.